The molecule has 1 aliphatic rings. The summed E-state index contributed by atoms with van der Waals surface area (Å²) in [6.07, 6.45) is 0.197. The van der Waals surface area contributed by atoms with E-state index in [0.29, 0.717) is 16.9 Å². The monoisotopic (exact) mass is 408 g/mol. The maximum atomic E-state index is 11.3. The Labute approximate surface area is 147 Å². The normalized spacial score (nSPS) is 26.3. The SMILES string of the molecule is Cc1ncnc2c1ncn2[C@H]1C[C@H](OP(=O)(O)O)[C@@H](COP(C)(=O)O)O1. The zero-order valence-corrected chi connectivity index (χ0v) is 15.7. The predicted octanol–water partition coefficient (Wildman–Crippen LogP) is 0.732. The predicted molar refractivity (Wildman–Crippen MR) is 87.2 cm³/mol. The zero-order valence-electron chi connectivity index (χ0n) is 13.9. The van der Waals surface area contributed by atoms with E-state index < -0.39 is 33.9 Å². The first-order valence-corrected chi connectivity index (χ1v) is 11.1. The van der Waals surface area contributed by atoms with E-state index in [1.54, 1.807) is 11.5 Å². The van der Waals surface area contributed by atoms with Gasteiger partial charge in [0.1, 0.15) is 30.3 Å². The second-order valence-corrected chi connectivity index (χ2v) is 8.94. The number of aryl methyl sites for hydroxylation is 1. The summed E-state index contributed by atoms with van der Waals surface area (Å²) in [7, 11) is -8.58. The van der Waals surface area contributed by atoms with Crippen molar-refractivity contribution in [3.05, 3.63) is 18.3 Å². The Morgan fingerprint density at radius 3 is 2.69 bits per heavy atom. The lowest BCUT2D eigenvalue weighted by atomic mass is 10.2. The van der Waals surface area contributed by atoms with Crippen molar-refractivity contribution in [3.8, 4) is 0 Å². The summed E-state index contributed by atoms with van der Waals surface area (Å²) in [5.74, 6) is 0. The first kappa shape index (κ1) is 19.5. The number of phosphoric ester groups is 1. The molecule has 1 unspecified atom stereocenters. The summed E-state index contributed by atoms with van der Waals surface area (Å²) < 4.78 is 39.5. The molecule has 14 heteroatoms. The Balaban J connectivity index is 1.85. The maximum Gasteiger partial charge on any atom is 0.469 e. The van der Waals surface area contributed by atoms with Gasteiger partial charge in [0.25, 0.3) is 0 Å². The Bertz CT molecular complexity index is 892. The van der Waals surface area contributed by atoms with Gasteiger partial charge in [-0.3, -0.25) is 13.7 Å². The minimum absolute atomic E-state index is 0.0626. The van der Waals surface area contributed by atoms with Crippen LogP contribution < -0.4 is 0 Å². The fourth-order valence-corrected chi connectivity index (χ4v) is 3.70. The summed E-state index contributed by atoms with van der Waals surface area (Å²) in [6, 6.07) is 0. The quantitative estimate of drug-likeness (QED) is 0.577. The van der Waals surface area contributed by atoms with Crippen LogP contribution in [0.3, 0.4) is 0 Å². The van der Waals surface area contributed by atoms with Gasteiger partial charge in [-0.25, -0.2) is 19.5 Å². The number of hydrogen-bond donors (Lipinski definition) is 3. The van der Waals surface area contributed by atoms with Gasteiger partial charge >= 0.3 is 15.4 Å². The molecule has 0 amide bonds. The second kappa shape index (κ2) is 7.06. The number of nitrogens with zero attached hydrogens (tertiary/aromatic N) is 4. The fourth-order valence-electron chi connectivity index (χ4n) is 2.70. The van der Waals surface area contributed by atoms with E-state index >= 15 is 0 Å². The van der Waals surface area contributed by atoms with Crippen molar-refractivity contribution in [2.45, 2.75) is 31.8 Å². The van der Waals surface area contributed by atoms with Crippen molar-refractivity contribution in [2.24, 2.45) is 0 Å². The lowest BCUT2D eigenvalue weighted by Crippen LogP contribution is -2.28. The van der Waals surface area contributed by atoms with Gasteiger partial charge in [-0.2, -0.15) is 0 Å². The highest BCUT2D eigenvalue weighted by molar-refractivity contribution is 7.51. The van der Waals surface area contributed by atoms with Crippen LogP contribution in [0.2, 0.25) is 0 Å². The minimum Gasteiger partial charge on any atom is -0.349 e. The number of imidazole rings is 1. The van der Waals surface area contributed by atoms with Crippen LogP contribution in [0.5, 0.6) is 0 Å². The van der Waals surface area contributed by atoms with E-state index in [4.69, 9.17) is 23.6 Å². The second-order valence-electron chi connectivity index (χ2n) is 5.88. The molecule has 0 radical (unpaired) electrons. The molecule has 2 aromatic rings. The summed E-state index contributed by atoms with van der Waals surface area (Å²) >= 11 is 0. The first-order valence-electron chi connectivity index (χ1n) is 7.52. The van der Waals surface area contributed by atoms with Crippen LogP contribution in [0, 0.1) is 6.92 Å². The number of hydrogen-bond acceptors (Lipinski definition) is 8. The molecule has 144 valence electrons. The van der Waals surface area contributed by atoms with Gasteiger partial charge in [0.05, 0.1) is 18.6 Å². The number of ether oxygens (including phenoxy) is 1. The molecule has 12 nitrogen and oxygen atoms in total. The summed E-state index contributed by atoms with van der Waals surface area (Å²) in [6.45, 7) is 2.40. The maximum absolute atomic E-state index is 11.3. The van der Waals surface area contributed by atoms with Crippen LogP contribution in [0.4, 0.5) is 0 Å². The zero-order chi connectivity index (χ0) is 19.1. The van der Waals surface area contributed by atoms with Crippen LogP contribution in [-0.2, 0) is 22.9 Å². The number of fused-ring (bicyclic) bond motifs is 1. The topological polar surface area (TPSA) is 166 Å². The number of rotatable bonds is 6. The third-order valence-electron chi connectivity index (χ3n) is 3.78. The van der Waals surface area contributed by atoms with E-state index in [1.807, 2.05) is 0 Å². The lowest BCUT2D eigenvalue weighted by molar-refractivity contribution is -0.0388. The third kappa shape index (κ3) is 4.54. The molecule has 0 spiro atoms. The Hall–Kier alpha value is -1.23. The molecular weight excluding hydrogens is 390 g/mol. The molecule has 0 aromatic carbocycles. The third-order valence-corrected chi connectivity index (χ3v) is 4.96. The fraction of sp³-hybridized carbons (Fsp3) is 0.583. The van der Waals surface area contributed by atoms with Gasteiger partial charge in [0, 0.05) is 13.1 Å². The van der Waals surface area contributed by atoms with Gasteiger partial charge in [-0.15, -0.1) is 0 Å². The number of aromatic nitrogens is 4. The molecule has 0 aliphatic carbocycles. The van der Waals surface area contributed by atoms with Crippen LogP contribution in [-0.4, -0.2) is 59.7 Å². The smallest absolute Gasteiger partial charge is 0.349 e. The molecule has 2 aromatic heterocycles. The molecule has 3 rings (SSSR count). The molecule has 1 saturated heterocycles. The first-order chi connectivity index (χ1) is 12.0. The Kier molecular flexibility index (Phi) is 5.31. The van der Waals surface area contributed by atoms with Crippen molar-refractivity contribution in [1.29, 1.82) is 0 Å². The molecule has 3 heterocycles. The molecule has 4 atom stereocenters. The van der Waals surface area contributed by atoms with Crippen molar-refractivity contribution in [1.82, 2.24) is 19.5 Å². The minimum atomic E-state index is -4.79. The van der Waals surface area contributed by atoms with Gasteiger partial charge in [0.2, 0.25) is 0 Å². The lowest BCUT2D eigenvalue weighted by Gasteiger charge is -2.19. The van der Waals surface area contributed by atoms with Crippen LogP contribution >= 0.6 is 15.4 Å². The van der Waals surface area contributed by atoms with Crippen molar-refractivity contribution < 1.29 is 37.6 Å². The molecule has 3 N–H and O–H groups in total. The summed E-state index contributed by atoms with van der Waals surface area (Å²) in [4.78, 5) is 39.9. The van der Waals surface area contributed by atoms with Crippen molar-refractivity contribution in [3.63, 3.8) is 0 Å². The Morgan fingerprint density at radius 2 is 2.04 bits per heavy atom. The van der Waals surface area contributed by atoms with Crippen LogP contribution in [0.25, 0.3) is 11.2 Å². The summed E-state index contributed by atoms with van der Waals surface area (Å²) in [5.41, 5.74) is 1.72. The van der Waals surface area contributed by atoms with E-state index in [2.05, 4.69) is 15.0 Å². The molecule has 1 fully saturated rings. The highest BCUT2D eigenvalue weighted by Gasteiger charge is 2.42. The highest BCUT2D eigenvalue weighted by Crippen LogP contribution is 2.45. The molecule has 1 aliphatic heterocycles. The van der Waals surface area contributed by atoms with Gasteiger partial charge in [0.15, 0.2) is 5.65 Å². The number of phosphoric acid groups is 1. The van der Waals surface area contributed by atoms with Gasteiger partial charge in [-0.05, 0) is 6.92 Å². The standard InChI is InChI=1S/C12H18N4O8P2/c1-7-11-12(14-5-13-7)16(6-15-11)10-3-8(24-26(19,20)21)9(23-10)4-22-25(2,17)18/h5-6,8-10H,3-4H2,1-2H3,(H,17,18)(H2,19,20,21)/t8-,9+,10+/m0/s1. The van der Waals surface area contributed by atoms with Gasteiger partial charge < -0.3 is 23.9 Å². The average Bonchev–Trinajstić information content (AvgIpc) is 3.07. The average molecular weight is 408 g/mol. The largest absolute Gasteiger partial charge is 0.469 e. The van der Waals surface area contributed by atoms with Crippen LogP contribution in [0.1, 0.15) is 18.3 Å². The molecule has 26 heavy (non-hydrogen) atoms. The van der Waals surface area contributed by atoms with Crippen molar-refractivity contribution in [2.75, 3.05) is 13.3 Å². The molecule has 0 saturated carbocycles. The van der Waals surface area contributed by atoms with E-state index in [0.717, 1.165) is 6.66 Å². The molecule has 0 bridgehead atoms. The van der Waals surface area contributed by atoms with E-state index in [-0.39, 0.29) is 13.0 Å². The summed E-state index contributed by atoms with van der Waals surface area (Å²) in [5, 5.41) is 0. The van der Waals surface area contributed by atoms with Crippen molar-refractivity contribution >= 4 is 26.6 Å². The van der Waals surface area contributed by atoms with Crippen LogP contribution in [0.15, 0.2) is 12.7 Å². The van der Waals surface area contributed by atoms with Gasteiger partial charge in [-0.1, -0.05) is 0 Å². The Morgan fingerprint density at radius 1 is 1.31 bits per heavy atom. The highest BCUT2D eigenvalue weighted by atomic mass is 31.2. The van der Waals surface area contributed by atoms with E-state index in [9.17, 15) is 14.0 Å². The molecular formula is C12H18N4O8P2. The van der Waals surface area contributed by atoms with E-state index in [1.165, 1.54) is 12.7 Å².